The number of anilines is 1. The molecular weight excluding hydrogens is 244 g/mol. The standard InChI is InChI=1S/C14H20N2O3/c1-9(2)16-12(17)7-8-19-14(18)11-6-4-5-10(3)13(11)15/h4-6,9H,7-8,15H2,1-3H3,(H,16,17). The maximum atomic E-state index is 11.8. The molecule has 1 amide bonds. The highest BCUT2D eigenvalue weighted by molar-refractivity contribution is 5.95. The van der Waals surface area contributed by atoms with Crippen LogP contribution >= 0.6 is 0 Å². The number of hydrogen-bond donors (Lipinski definition) is 2. The zero-order valence-corrected chi connectivity index (χ0v) is 11.5. The number of rotatable bonds is 5. The third kappa shape index (κ3) is 4.62. The van der Waals surface area contributed by atoms with E-state index in [2.05, 4.69) is 5.32 Å². The first-order valence-corrected chi connectivity index (χ1v) is 6.23. The van der Waals surface area contributed by atoms with Crippen LogP contribution in [0.3, 0.4) is 0 Å². The van der Waals surface area contributed by atoms with Gasteiger partial charge >= 0.3 is 5.97 Å². The Morgan fingerprint density at radius 3 is 2.68 bits per heavy atom. The van der Waals surface area contributed by atoms with E-state index in [4.69, 9.17) is 10.5 Å². The molecule has 0 spiro atoms. The summed E-state index contributed by atoms with van der Waals surface area (Å²) >= 11 is 0. The Morgan fingerprint density at radius 2 is 2.05 bits per heavy atom. The van der Waals surface area contributed by atoms with Gasteiger partial charge in [0, 0.05) is 11.7 Å². The summed E-state index contributed by atoms with van der Waals surface area (Å²) in [6, 6.07) is 5.25. The van der Waals surface area contributed by atoms with Gasteiger partial charge in [0.05, 0.1) is 12.0 Å². The molecule has 5 nitrogen and oxygen atoms in total. The number of benzene rings is 1. The van der Waals surface area contributed by atoms with Crippen LogP contribution in [0.4, 0.5) is 5.69 Å². The number of nitrogens with two attached hydrogens (primary N) is 1. The van der Waals surface area contributed by atoms with E-state index >= 15 is 0 Å². The lowest BCUT2D eigenvalue weighted by Gasteiger charge is -2.10. The van der Waals surface area contributed by atoms with E-state index in [0.717, 1.165) is 5.56 Å². The van der Waals surface area contributed by atoms with Gasteiger partial charge in [-0.3, -0.25) is 4.79 Å². The van der Waals surface area contributed by atoms with E-state index in [-0.39, 0.29) is 25.0 Å². The van der Waals surface area contributed by atoms with Gasteiger partial charge in [-0.1, -0.05) is 12.1 Å². The third-order valence-electron chi connectivity index (χ3n) is 2.56. The molecule has 0 aliphatic rings. The second-order valence-corrected chi connectivity index (χ2v) is 4.64. The molecule has 0 saturated heterocycles. The first kappa shape index (κ1) is 15.0. The molecule has 3 N–H and O–H groups in total. The first-order valence-electron chi connectivity index (χ1n) is 6.23. The van der Waals surface area contributed by atoms with Gasteiger partial charge in [0.25, 0.3) is 0 Å². The number of esters is 1. The normalized spacial score (nSPS) is 10.3. The van der Waals surface area contributed by atoms with Crippen molar-refractivity contribution in [2.75, 3.05) is 12.3 Å². The highest BCUT2D eigenvalue weighted by Crippen LogP contribution is 2.17. The fourth-order valence-corrected chi connectivity index (χ4v) is 1.57. The highest BCUT2D eigenvalue weighted by Gasteiger charge is 2.13. The number of nitrogen functional groups attached to an aromatic ring is 1. The zero-order chi connectivity index (χ0) is 14.4. The van der Waals surface area contributed by atoms with Crippen LogP contribution in [0.5, 0.6) is 0 Å². The molecule has 0 fully saturated rings. The van der Waals surface area contributed by atoms with Crippen LogP contribution in [0.15, 0.2) is 18.2 Å². The monoisotopic (exact) mass is 264 g/mol. The molecule has 104 valence electrons. The number of hydrogen-bond acceptors (Lipinski definition) is 4. The summed E-state index contributed by atoms with van der Waals surface area (Å²) in [4.78, 5) is 23.2. The van der Waals surface area contributed by atoms with Gasteiger partial charge in [-0.15, -0.1) is 0 Å². The average molecular weight is 264 g/mol. The Morgan fingerprint density at radius 1 is 1.37 bits per heavy atom. The third-order valence-corrected chi connectivity index (χ3v) is 2.56. The maximum absolute atomic E-state index is 11.8. The Bertz CT molecular complexity index is 470. The number of carbonyl (C=O) groups is 2. The molecule has 0 aromatic heterocycles. The molecule has 1 aromatic rings. The molecule has 19 heavy (non-hydrogen) atoms. The zero-order valence-electron chi connectivity index (χ0n) is 11.5. The van der Waals surface area contributed by atoms with Crippen molar-refractivity contribution in [1.29, 1.82) is 0 Å². The lowest BCUT2D eigenvalue weighted by atomic mass is 10.1. The van der Waals surface area contributed by atoms with Crippen LogP contribution in [-0.2, 0) is 9.53 Å². The summed E-state index contributed by atoms with van der Waals surface area (Å²) in [5.41, 5.74) is 7.38. The van der Waals surface area contributed by atoms with E-state index in [9.17, 15) is 9.59 Å². The number of para-hydroxylation sites is 1. The van der Waals surface area contributed by atoms with E-state index in [1.807, 2.05) is 26.8 Å². The van der Waals surface area contributed by atoms with E-state index in [0.29, 0.717) is 11.3 Å². The van der Waals surface area contributed by atoms with Crippen molar-refractivity contribution >= 4 is 17.6 Å². The van der Waals surface area contributed by atoms with E-state index in [1.165, 1.54) is 0 Å². The van der Waals surface area contributed by atoms with Crippen molar-refractivity contribution < 1.29 is 14.3 Å². The minimum atomic E-state index is -0.501. The Kier molecular flexibility index (Phi) is 5.36. The highest BCUT2D eigenvalue weighted by atomic mass is 16.5. The van der Waals surface area contributed by atoms with Crippen molar-refractivity contribution in [2.45, 2.75) is 33.2 Å². The summed E-state index contributed by atoms with van der Waals surface area (Å²) in [5, 5.41) is 2.72. The van der Waals surface area contributed by atoms with Gasteiger partial charge < -0.3 is 15.8 Å². The lowest BCUT2D eigenvalue weighted by Crippen LogP contribution is -2.31. The summed E-state index contributed by atoms with van der Waals surface area (Å²) in [6.07, 6.45) is 0.148. The van der Waals surface area contributed by atoms with Crippen LogP contribution in [0.25, 0.3) is 0 Å². The number of aryl methyl sites for hydroxylation is 1. The Hall–Kier alpha value is -2.04. The smallest absolute Gasteiger partial charge is 0.340 e. The number of carbonyl (C=O) groups excluding carboxylic acids is 2. The predicted molar refractivity (Wildman–Crippen MR) is 73.8 cm³/mol. The molecule has 0 aliphatic heterocycles. The quantitative estimate of drug-likeness (QED) is 0.626. The van der Waals surface area contributed by atoms with Crippen molar-refractivity contribution in [3.8, 4) is 0 Å². The molecule has 5 heteroatoms. The molecule has 0 bridgehead atoms. The molecule has 0 aliphatic carbocycles. The molecule has 0 atom stereocenters. The van der Waals surface area contributed by atoms with Crippen LogP contribution in [0, 0.1) is 6.92 Å². The van der Waals surface area contributed by atoms with E-state index < -0.39 is 5.97 Å². The van der Waals surface area contributed by atoms with Gasteiger partial charge in [0.15, 0.2) is 0 Å². The topological polar surface area (TPSA) is 81.4 Å². The minimum absolute atomic E-state index is 0.0464. The van der Waals surface area contributed by atoms with Crippen LogP contribution in [0.2, 0.25) is 0 Å². The first-order chi connectivity index (χ1) is 8.91. The lowest BCUT2D eigenvalue weighted by molar-refractivity contribution is -0.122. The number of amides is 1. The molecule has 1 rings (SSSR count). The summed E-state index contributed by atoms with van der Waals surface area (Å²) in [6.45, 7) is 5.61. The maximum Gasteiger partial charge on any atom is 0.340 e. The minimum Gasteiger partial charge on any atom is -0.461 e. The van der Waals surface area contributed by atoms with Gasteiger partial charge in [0.1, 0.15) is 6.61 Å². The largest absolute Gasteiger partial charge is 0.461 e. The molecule has 1 aromatic carbocycles. The molecule has 0 heterocycles. The Balaban J connectivity index is 2.48. The second-order valence-electron chi connectivity index (χ2n) is 4.64. The van der Waals surface area contributed by atoms with Crippen LogP contribution in [-0.4, -0.2) is 24.5 Å². The predicted octanol–water partition coefficient (Wildman–Crippen LogP) is 1.65. The van der Waals surface area contributed by atoms with Gasteiger partial charge in [0.2, 0.25) is 5.91 Å². The van der Waals surface area contributed by atoms with Crippen molar-refractivity contribution in [3.63, 3.8) is 0 Å². The summed E-state index contributed by atoms with van der Waals surface area (Å²) < 4.78 is 5.04. The number of nitrogens with one attached hydrogen (secondary N) is 1. The van der Waals surface area contributed by atoms with E-state index in [1.54, 1.807) is 12.1 Å². The SMILES string of the molecule is Cc1cccc(C(=O)OCCC(=O)NC(C)C)c1N. The van der Waals surface area contributed by atoms with Crippen LogP contribution in [0.1, 0.15) is 36.2 Å². The fraction of sp³-hybridized carbons (Fsp3) is 0.429. The Labute approximate surface area is 113 Å². The summed E-state index contributed by atoms with van der Waals surface area (Å²) in [5.74, 6) is -0.640. The van der Waals surface area contributed by atoms with Crippen molar-refractivity contribution in [3.05, 3.63) is 29.3 Å². The van der Waals surface area contributed by atoms with Gasteiger partial charge in [-0.2, -0.15) is 0 Å². The second kappa shape index (κ2) is 6.78. The molecule has 0 unspecified atom stereocenters. The summed E-state index contributed by atoms with van der Waals surface area (Å²) in [7, 11) is 0. The average Bonchev–Trinajstić information content (AvgIpc) is 2.31. The molecule has 0 saturated carbocycles. The number of ether oxygens (including phenoxy) is 1. The molecular formula is C14H20N2O3. The van der Waals surface area contributed by atoms with Crippen molar-refractivity contribution in [1.82, 2.24) is 5.32 Å². The van der Waals surface area contributed by atoms with Crippen LogP contribution < -0.4 is 11.1 Å². The van der Waals surface area contributed by atoms with Gasteiger partial charge in [-0.05, 0) is 32.4 Å². The molecule has 0 radical (unpaired) electrons. The van der Waals surface area contributed by atoms with Gasteiger partial charge in [-0.25, -0.2) is 4.79 Å². The van der Waals surface area contributed by atoms with Crippen molar-refractivity contribution in [2.24, 2.45) is 0 Å². The fourth-order valence-electron chi connectivity index (χ4n) is 1.57.